The zero-order valence-electron chi connectivity index (χ0n) is 26.1. The maximum absolute atomic E-state index is 13.1. The summed E-state index contributed by atoms with van der Waals surface area (Å²) in [7, 11) is -4.21. The maximum Gasteiger partial charge on any atom is 0.326 e. The van der Waals surface area contributed by atoms with E-state index in [1.807, 2.05) is 30.3 Å². The molecule has 0 radical (unpaired) electrons. The molecule has 0 aliphatic carbocycles. The van der Waals surface area contributed by atoms with Crippen molar-refractivity contribution in [2.24, 2.45) is 5.92 Å². The second-order valence-corrected chi connectivity index (χ2v) is 23.9. The number of ketones is 1. The second kappa shape index (κ2) is 12.2. The van der Waals surface area contributed by atoms with Crippen molar-refractivity contribution >= 4 is 34.4 Å². The van der Waals surface area contributed by atoms with Gasteiger partial charge >= 0.3 is 6.03 Å². The van der Waals surface area contributed by atoms with Gasteiger partial charge in [0.05, 0.1) is 12.7 Å². The lowest BCUT2D eigenvalue weighted by Crippen LogP contribution is -2.59. The van der Waals surface area contributed by atoms with Crippen molar-refractivity contribution in [3.8, 4) is 0 Å². The van der Waals surface area contributed by atoms with Crippen molar-refractivity contribution in [3.05, 3.63) is 35.9 Å². The number of carbonyl (C=O) groups excluding carboxylic acids is 3. The number of nitrogens with zero attached hydrogens (tertiary/aromatic N) is 1. The minimum atomic E-state index is -2.16. The largest absolute Gasteiger partial charge is 0.414 e. The van der Waals surface area contributed by atoms with Crippen LogP contribution >= 0.6 is 0 Å². The minimum absolute atomic E-state index is 0.00110. The number of rotatable bonds is 10. The number of urea groups is 1. The zero-order chi connectivity index (χ0) is 30.1. The third-order valence-electron chi connectivity index (χ3n) is 9.27. The molecule has 1 aromatic rings. The number of hydrogen-bond donors (Lipinski definition) is 1. The fourth-order valence-corrected chi connectivity index (χ4v) is 6.81. The Morgan fingerprint density at radius 1 is 1.00 bits per heavy atom. The summed E-state index contributed by atoms with van der Waals surface area (Å²) in [6, 6.07) is 9.18. The van der Waals surface area contributed by atoms with Crippen molar-refractivity contribution < 1.29 is 28.0 Å². The molecule has 10 heteroatoms. The monoisotopic (exact) mass is 590 g/mol. The molecule has 3 amide bonds. The fraction of sp³-hybridized carbons (Fsp3) is 0.700. The van der Waals surface area contributed by atoms with Gasteiger partial charge in [-0.3, -0.25) is 19.8 Å². The summed E-state index contributed by atoms with van der Waals surface area (Å²) in [6.45, 7) is 22.4. The van der Waals surface area contributed by atoms with Crippen LogP contribution in [0, 0.1) is 5.92 Å². The molecule has 40 heavy (non-hydrogen) atoms. The van der Waals surface area contributed by atoms with E-state index in [2.05, 4.69) is 73.0 Å². The molecule has 1 unspecified atom stereocenters. The summed E-state index contributed by atoms with van der Waals surface area (Å²) in [6.07, 6.45) is 0.0203. The SMILES string of the molecule is CC(C)(C)[Si](C)(C)OC[C@H]1O[C@@H](N2CC(C(=O)CCc3ccccc3)C(=O)NC2=O)C[C@@H]1O[Si](C)(C)C(C)(C)C. The van der Waals surface area contributed by atoms with Gasteiger partial charge in [0, 0.05) is 19.4 Å². The number of Topliss-reactive ketones (excluding diaryl/α,β-unsaturated/α-hetero) is 1. The average molecular weight is 591 g/mol. The van der Waals surface area contributed by atoms with Crippen LogP contribution < -0.4 is 5.32 Å². The molecular formula is C30H50N2O6Si2. The first-order chi connectivity index (χ1) is 18.3. The molecule has 1 N–H and O–H groups in total. The van der Waals surface area contributed by atoms with Crippen molar-refractivity contribution in [3.63, 3.8) is 0 Å². The van der Waals surface area contributed by atoms with Crippen LogP contribution in [0.15, 0.2) is 30.3 Å². The van der Waals surface area contributed by atoms with Gasteiger partial charge in [-0.2, -0.15) is 0 Å². The first-order valence-electron chi connectivity index (χ1n) is 14.5. The molecule has 0 aromatic heterocycles. The molecule has 0 saturated carbocycles. The Morgan fingerprint density at radius 3 is 2.17 bits per heavy atom. The van der Waals surface area contributed by atoms with E-state index in [1.54, 1.807) is 0 Å². The van der Waals surface area contributed by atoms with Crippen molar-refractivity contribution in [2.45, 2.75) is 116 Å². The van der Waals surface area contributed by atoms with E-state index in [0.717, 1.165) is 5.56 Å². The van der Waals surface area contributed by atoms with Crippen molar-refractivity contribution in [1.29, 1.82) is 0 Å². The first kappa shape index (κ1) is 32.7. The van der Waals surface area contributed by atoms with Gasteiger partial charge in [0.15, 0.2) is 16.6 Å². The second-order valence-electron chi connectivity index (χ2n) is 14.3. The molecule has 1 aromatic carbocycles. The predicted octanol–water partition coefficient (Wildman–Crippen LogP) is 5.88. The summed E-state index contributed by atoms with van der Waals surface area (Å²) in [5, 5.41) is 2.45. The van der Waals surface area contributed by atoms with E-state index in [4.69, 9.17) is 13.6 Å². The number of carbonyl (C=O) groups is 3. The zero-order valence-corrected chi connectivity index (χ0v) is 28.1. The minimum Gasteiger partial charge on any atom is -0.414 e. The highest BCUT2D eigenvalue weighted by molar-refractivity contribution is 6.74. The lowest BCUT2D eigenvalue weighted by Gasteiger charge is -2.40. The van der Waals surface area contributed by atoms with Crippen LogP contribution in [0.2, 0.25) is 36.3 Å². The van der Waals surface area contributed by atoms with Gasteiger partial charge in [0.25, 0.3) is 0 Å². The predicted molar refractivity (Wildman–Crippen MR) is 162 cm³/mol. The Bertz CT molecular complexity index is 1060. The van der Waals surface area contributed by atoms with E-state index in [0.29, 0.717) is 19.4 Å². The van der Waals surface area contributed by atoms with E-state index in [-0.39, 0.29) is 41.0 Å². The van der Waals surface area contributed by atoms with E-state index in [9.17, 15) is 14.4 Å². The molecule has 0 spiro atoms. The van der Waals surface area contributed by atoms with E-state index in [1.165, 1.54) is 4.90 Å². The van der Waals surface area contributed by atoms with E-state index < -0.39 is 40.7 Å². The molecule has 2 fully saturated rings. The third-order valence-corrected chi connectivity index (χ3v) is 18.3. The van der Waals surface area contributed by atoms with Gasteiger partial charge in [-0.05, 0) is 48.2 Å². The van der Waals surface area contributed by atoms with Crippen molar-refractivity contribution in [1.82, 2.24) is 10.2 Å². The highest BCUT2D eigenvalue weighted by Crippen LogP contribution is 2.41. The highest BCUT2D eigenvalue weighted by Gasteiger charge is 2.49. The number of hydrogen-bond acceptors (Lipinski definition) is 6. The summed E-state index contributed by atoms with van der Waals surface area (Å²) in [5.74, 6) is -1.64. The number of nitrogens with one attached hydrogen (secondary N) is 1. The van der Waals surface area contributed by atoms with Crippen molar-refractivity contribution in [2.75, 3.05) is 13.2 Å². The molecular weight excluding hydrogens is 541 g/mol. The number of aryl methyl sites for hydroxylation is 1. The van der Waals surface area contributed by atoms with Gasteiger partial charge < -0.3 is 13.6 Å². The molecule has 2 aliphatic rings. The molecule has 2 aliphatic heterocycles. The van der Waals surface area contributed by atoms with Gasteiger partial charge in [-0.1, -0.05) is 71.9 Å². The quantitative estimate of drug-likeness (QED) is 0.270. The number of ether oxygens (including phenoxy) is 1. The molecule has 2 saturated heterocycles. The Kier molecular flexibility index (Phi) is 9.94. The highest BCUT2D eigenvalue weighted by atomic mass is 28.4. The Morgan fingerprint density at radius 2 is 1.60 bits per heavy atom. The third kappa shape index (κ3) is 7.70. The molecule has 3 rings (SSSR count). The van der Waals surface area contributed by atoms with E-state index >= 15 is 0 Å². The van der Waals surface area contributed by atoms with Crippen LogP contribution in [0.1, 0.15) is 59.9 Å². The van der Waals surface area contributed by atoms with Gasteiger partial charge in [0.1, 0.15) is 24.0 Å². The van der Waals surface area contributed by atoms with Gasteiger partial charge in [-0.25, -0.2) is 4.79 Å². The number of benzene rings is 1. The van der Waals surface area contributed by atoms with Crippen LogP contribution in [0.25, 0.3) is 0 Å². The molecule has 224 valence electrons. The molecule has 2 heterocycles. The van der Waals surface area contributed by atoms with Gasteiger partial charge in [0.2, 0.25) is 5.91 Å². The summed E-state index contributed by atoms with van der Waals surface area (Å²) in [4.78, 5) is 40.3. The maximum atomic E-state index is 13.1. The normalized spacial score (nSPS) is 24.8. The van der Waals surface area contributed by atoms with Crippen LogP contribution in [0.4, 0.5) is 4.79 Å². The Hall–Kier alpha value is -1.86. The number of imide groups is 1. The van der Waals surface area contributed by atoms with Crippen LogP contribution in [0.3, 0.4) is 0 Å². The number of amides is 3. The fourth-order valence-electron chi connectivity index (χ4n) is 4.44. The smallest absolute Gasteiger partial charge is 0.326 e. The molecule has 0 bridgehead atoms. The lowest BCUT2D eigenvalue weighted by atomic mass is 9.95. The lowest BCUT2D eigenvalue weighted by molar-refractivity contribution is -0.138. The molecule has 8 nitrogen and oxygen atoms in total. The standard InChI is InChI=1S/C30H50N2O6Si2/c1-29(2,3)39(7,8)36-20-25-24(38-40(9,10)30(4,5)6)18-26(37-25)32-19-22(27(34)31-28(32)35)23(33)17-16-21-14-12-11-13-15-21/h11-15,22,24-26H,16-20H2,1-10H3,(H,31,34,35)/t22?,24-,25+,26+/m0/s1. The summed E-state index contributed by atoms with van der Waals surface area (Å²) < 4.78 is 19.8. The van der Waals surface area contributed by atoms with Crippen LogP contribution in [-0.2, 0) is 29.6 Å². The average Bonchev–Trinajstić information content (AvgIpc) is 3.22. The van der Waals surface area contributed by atoms with Crippen LogP contribution in [-0.4, -0.2) is 70.8 Å². The van der Waals surface area contributed by atoms with Crippen LogP contribution in [0.5, 0.6) is 0 Å². The topological polar surface area (TPSA) is 94.2 Å². The molecule has 4 atom stereocenters. The summed E-state index contributed by atoms with van der Waals surface area (Å²) in [5.41, 5.74) is 1.04. The Labute approximate surface area is 242 Å². The summed E-state index contributed by atoms with van der Waals surface area (Å²) >= 11 is 0. The first-order valence-corrected chi connectivity index (χ1v) is 20.3. The Balaban J connectivity index is 1.76. The van der Waals surface area contributed by atoms with Gasteiger partial charge in [-0.15, -0.1) is 0 Å².